The van der Waals surface area contributed by atoms with Gasteiger partial charge in [0, 0.05) is 9.86 Å². The van der Waals surface area contributed by atoms with Gasteiger partial charge in [0.2, 0.25) is 0 Å². The molecule has 2 aromatic rings. The number of hydrogen-bond acceptors (Lipinski definition) is 3. The van der Waals surface area contributed by atoms with E-state index in [0.717, 1.165) is 40.6 Å². The summed E-state index contributed by atoms with van der Waals surface area (Å²) in [4.78, 5) is 13.5. The predicted molar refractivity (Wildman–Crippen MR) is 84.3 cm³/mol. The summed E-state index contributed by atoms with van der Waals surface area (Å²) in [5, 5.41) is 10.4. The normalized spacial score (nSPS) is 21.5. The molecule has 0 saturated carbocycles. The number of furan rings is 1. The van der Waals surface area contributed by atoms with Gasteiger partial charge in [-0.25, -0.2) is 0 Å². The molecule has 5 heteroatoms. The van der Waals surface area contributed by atoms with E-state index >= 15 is 0 Å². The van der Waals surface area contributed by atoms with E-state index in [-0.39, 0.29) is 6.04 Å². The van der Waals surface area contributed by atoms with Gasteiger partial charge in [-0.15, -0.1) is 0 Å². The minimum atomic E-state index is -0.736. The molecule has 0 spiro atoms. The van der Waals surface area contributed by atoms with Crippen LogP contribution in [0.1, 0.15) is 38.0 Å². The number of rotatable bonds is 3. The molecule has 21 heavy (non-hydrogen) atoms. The van der Waals surface area contributed by atoms with E-state index < -0.39 is 12.0 Å². The van der Waals surface area contributed by atoms with E-state index in [1.807, 2.05) is 36.1 Å². The Hall–Kier alpha value is -1.33. The van der Waals surface area contributed by atoms with Gasteiger partial charge in [0.15, 0.2) is 0 Å². The zero-order chi connectivity index (χ0) is 15.0. The van der Waals surface area contributed by atoms with Gasteiger partial charge in [-0.3, -0.25) is 9.69 Å². The SMILES string of the molecule is CC(c1cc2cc(Br)ccc2o1)N1CCCCC1C(=O)O. The number of halogens is 1. The average Bonchev–Trinajstić information content (AvgIpc) is 2.89. The highest BCUT2D eigenvalue weighted by Crippen LogP contribution is 2.32. The van der Waals surface area contributed by atoms with Crippen molar-refractivity contribution in [3.63, 3.8) is 0 Å². The molecule has 1 N–H and O–H groups in total. The van der Waals surface area contributed by atoms with Crippen molar-refractivity contribution >= 4 is 32.9 Å². The smallest absolute Gasteiger partial charge is 0.320 e. The number of aliphatic carboxylic acids is 1. The van der Waals surface area contributed by atoms with Crippen LogP contribution in [0.25, 0.3) is 11.0 Å². The second-order valence-electron chi connectivity index (χ2n) is 5.59. The highest BCUT2D eigenvalue weighted by molar-refractivity contribution is 9.10. The Balaban J connectivity index is 1.91. The fourth-order valence-electron chi connectivity index (χ4n) is 3.09. The first-order valence-corrected chi connectivity index (χ1v) is 8.03. The van der Waals surface area contributed by atoms with E-state index in [1.54, 1.807) is 0 Å². The Morgan fingerprint density at radius 3 is 3.00 bits per heavy atom. The topological polar surface area (TPSA) is 53.7 Å². The summed E-state index contributed by atoms with van der Waals surface area (Å²) in [6.45, 7) is 2.83. The van der Waals surface area contributed by atoms with Crippen molar-refractivity contribution in [1.82, 2.24) is 4.90 Å². The highest BCUT2D eigenvalue weighted by Gasteiger charge is 2.33. The Kier molecular flexibility index (Phi) is 4.04. The van der Waals surface area contributed by atoms with Gasteiger partial charge in [-0.05, 0) is 50.6 Å². The van der Waals surface area contributed by atoms with Gasteiger partial charge in [0.05, 0.1) is 6.04 Å². The van der Waals surface area contributed by atoms with E-state index in [1.165, 1.54) is 0 Å². The Morgan fingerprint density at radius 2 is 2.24 bits per heavy atom. The number of carboxylic acid groups (broad SMARTS) is 1. The van der Waals surface area contributed by atoms with Crippen LogP contribution in [0.4, 0.5) is 0 Å². The van der Waals surface area contributed by atoms with Crippen LogP contribution in [0.5, 0.6) is 0 Å². The summed E-state index contributed by atoms with van der Waals surface area (Å²) in [5.74, 6) is 0.0941. The molecular weight excluding hydrogens is 334 g/mol. The molecule has 3 rings (SSSR count). The summed E-state index contributed by atoms with van der Waals surface area (Å²) in [5.41, 5.74) is 0.837. The van der Waals surface area contributed by atoms with Crippen LogP contribution in [0, 0.1) is 0 Å². The largest absolute Gasteiger partial charge is 0.480 e. The van der Waals surface area contributed by atoms with E-state index in [4.69, 9.17) is 4.42 Å². The lowest BCUT2D eigenvalue weighted by atomic mass is 9.99. The van der Waals surface area contributed by atoms with Crippen LogP contribution in [0.2, 0.25) is 0 Å². The number of carbonyl (C=O) groups is 1. The predicted octanol–water partition coefficient (Wildman–Crippen LogP) is 4.20. The number of likely N-dealkylation sites (tertiary alicyclic amines) is 1. The second kappa shape index (κ2) is 5.81. The monoisotopic (exact) mass is 351 g/mol. The van der Waals surface area contributed by atoms with Gasteiger partial charge in [0.1, 0.15) is 17.4 Å². The summed E-state index contributed by atoms with van der Waals surface area (Å²) in [6, 6.07) is 7.46. The lowest BCUT2D eigenvalue weighted by molar-refractivity contribution is -0.145. The molecule has 1 aromatic carbocycles. The maximum Gasteiger partial charge on any atom is 0.320 e. The zero-order valence-electron chi connectivity index (χ0n) is 11.9. The number of piperidine rings is 1. The maximum atomic E-state index is 11.4. The van der Waals surface area contributed by atoms with Gasteiger partial charge in [0.25, 0.3) is 0 Å². The molecule has 1 aliphatic rings. The molecule has 2 heterocycles. The van der Waals surface area contributed by atoms with Crippen LogP contribution in [-0.4, -0.2) is 28.6 Å². The molecule has 1 saturated heterocycles. The summed E-state index contributed by atoms with van der Waals surface area (Å²) < 4.78 is 6.92. The van der Waals surface area contributed by atoms with Crippen molar-refractivity contribution in [2.75, 3.05) is 6.54 Å². The molecule has 0 bridgehead atoms. The summed E-state index contributed by atoms with van der Waals surface area (Å²) in [7, 11) is 0. The number of carboxylic acids is 1. The number of hydrogen-bond donors (Lipinski definition) is 1. The fourth-order valence-corrected chi connectivity index (χ4v) is 3.47. The third-order valence-corrected chi connectivity index (χ3v) is 4.73. The van der Waals surface area contributed by atoms with Gasteiger partial charge >= 0.3 is 5.97 Å². The molecule has 0 aliphatic carbocycles. The maximum absolute atomic E-state index is 11.4. The van der Waals surface area contributed by atoms with Gasteiger partial charge < -0.3 is 9.52 Å². The van der Waals surface area contributed by atoms with Gasteiger partial charge in [-0.1, -0.05) is 22.4 Å². The molecule has 0 amide bonds. The Labute approximate surface area is 131 Å². The third-order valence-electron chi connectivity index (χ3n) is 4.24. The summed E-state index contributed by atoms with van der Waals surface area (Å²) >= 11 is 3.45. The quantitative estimate of drug-likeness (QED) is 0.900. The Bertz CT molecular complexity index is 667. The average molecular weight is 352 g/mol. The van der Waals surface area contributed by atoms with E-state index in [2.05, 4.69) is 15.9 Å². The minimum Gasteiger partial charge on any atom is -0.480 e. The van der Waals surface area contributed by atoms with Crippen LogP contribution < -0.4 is 0 Å². The molecular formula is C16H18BrNO3. The van der Waals surface area contributed by atoms with Crippen molar-refractivity contribution in [2.24, 2.45) is 0 Å². The molecule has 2 unspecified atom stereocenters. The summed E-state index contributed by atoms with van der Waals surface area (Å²) in [6.07, 6.45) is 2.73. The fraction of sp³-hybridized carbons (Fsp3) is 0.438. The van der Waals surface area contributed by atoms with Crippen molar-refractivity contribution in [2.45, 2.75) is 38.3 Å². The molecule has 1 aliphatic heterocycles. The molecule has 4 nitrogen and oxygen atoms in total. The molecule has 112 valence electrons. The van der Waals surface area contributed by atoms with Crippen LogP contribution >= 0.6 is 15.9 Å². The zero-order valence-corrected chi connectivity index (χ0v) is 13.5. The van der Waals surface area contributed by atoms with Crippen LogP contribution in [0.3, 0.4) is 0 Å². The van der Waals surface area contributed by atoms with Gasteiger partial charge in [-0.2, -0.15) is 0 Å². The molecule has 0 radical (unpaired) electrons. The molecule has 1 aromatic heterocycles. The van der Waals surface area contributed by atoms with Crippen LogP contribution in [0.15, 0.2) is 33.2 Å². The van der Waals surface area contributed by atoms with Crippen molar-refractivity contribution < 1.29 is 14.3 Å². The third kappa shape index (κ3) is 2.85. The second-order valence-corrected chi connectivity index (χ2v) is 6.51. The number of benzene rings is 1. The van der Waals surface area contributed by atoms with Crippen molar-refractivity contribution in [3.05, 3.63) is 34.5 Å². The van der Waals surface area contributed by atoms with E-state index in [9.17, 15) is 9.90 Å². The standard InChI is InChI=1S/C16H18BrNO3/c1-10(18-7-3-2-4-13(18)16(19)20)15-9-11-8-12(17)5-6-14(11)21-15/h5-6,8-10,13H,2-4,7H2,1H3,(H,19,20). The lowest BCUT2D eigenvalue weighted by Gasteiger charge is -2.36. The first kappa shape index (κ1) is 14.6. The van der Waals surface area contributed by atoms with Crippen molar-refractivity contribution in [1.29, 1.82) is 0 Å². The first-order chi connectivity index (χ1) is 10.1. The van der Waals surface area contributed by atoms with Crippen molar-refractivity contribution in [3.8, 4) is 0 Å². The first-order valence-electron chi connectivity index (χ1n) is 7.24. The molecule has 2 atom stereocenters. The highest BCUT2D eigenvalue weighted by atomic mass is 79.9. The Morgan fingerprint density at radius 1 is 1.43 bits per heavy atom. The number of fused-ring (bicyclic) bond motifs is 1. The van der Waals surface area contributed by atoms with E-state index in [0.29, 0.717) is 6.42 Å². The lowest BCUT2D eigenvalue weighted by Crippen LogP contribution is -2.45. The number of nitrogens with zero attached hydrogens (tertiary/aromatic N) is 1. The minimum absolute atomic E-state index is 0.0300. The molecule has 1 fully saturated rings. The van der Waals surface area contributed by atoms with Crippen LogP contribution in [-0.2, 0) is 4.79 Å².